The Hall–Kier alpha value is -1.66. The zero-order valence-electron chi connectivity index (χ0n) is 11.5. The molecule has 0 saturated carbocycles. The molecule has 0 amide bonds. The molecule has 0 aliphatic rings. The molecule has 4 nitrogen and oxygen atoms in total. The zero-order valence-corrected chi connectivity index (χ0v) is 13.9. The molecule has 108 valence electrons. The van der Waals surface area contributed by atoms with Crippen molar-refractivity contribution in [3.63, 3.8) is 0 Å². The van der Waals surface area contributed by atoms with Crippen molar-refractivity contribution in [1.82, 2.24) is 8.96 Å². The Morgan fingerprint density at radius 1 is 1.05 bits per heavy atom. The molecule has 0 N–H and O–H groups in total. The molecular weight excluding hydrogens is 352 g/mol. The molecule has 0 saturated heterocycles. The van der Waals surface area contributed by atoms with Crippen LogP contribution in [0, 0.1) is 13.8 Å². The standard InChI is InChI=1S/C15H13BrN2O2S/c1-10-3-6-12(7-4-10)21(19,20)18-9-13(16)15-14(18)8-5-11(2)17-15/h3-9H,1-2H3. The van der Waals surface area contributed by atoms with Crippen LogP contribution < -0.4 is 0 Å². The Morgan fingerprint density at radius 2 is 1.71 bits per heavy atom. The summed E-state index contributed by atoms with van der Waals surface area (Å²) in [4.78, 5) is 4.65. The smallest absolute Gasteiger partial charge is 0.250 e. The lowest BCUT2D eigenvalue weighted by Gasteiger charge is -2.07. The number of benzene rings is 1. The number of hydrogen-bond donors (Lipinski definition) is 0. The minimum atomic E-state index is -3.63. The maximum atomic E-state index is 12.8. The largest absolute Gasteiger partial charge is 0.268 e. The number of aromatic nitrogens is 2. The molecule has 0 aliphatic carbocycles. The minimum absolute atomic E-state index is 0.262. The Kier molecular flexibility index (Phi) is 3.37. The third kappa shape index (κ3) is 2.38. The van der Waals surface area contributed by atoms with Crippen molar-refractivity contribution in [2.75, 3.05) is 0 Å². The molecule has 0 unspecified atom stereocenters. The third-order valence-electron chi connectivity index (χ3n) is 3.29. The van der Waals surface area contributed by atoms with Crippen molar-refractivity contribution in [3.8, 4) is 0 Å². The van der Waals surface area contributed by atoms with Gasteiger partial charge < -0.3 is 0 Å². The van der Waals surface area contributed by atoms with Gasteiger partial charge in [-0.1, -0.05) is 17.7 Å². The molecular formula is C15H13BrN2O2S. The van der Waals surface area contributed by atoms with E-state index in [1.807, 2.05) is 13.8 Å². The quantitative estimate of drug-likeness (QED) is 0.697. The average Bonchev–Trinajstić information content (AvgIpc) is 2.77. The van der Waals surface area contributed by atoms with Gasteiger partial charge in [-0.05, 0) is 54.0 Å². The van der Waals surface area contributed by atoms with Gasteiger partial charge in [0.05, 0.1) is 14.9 Å². The number of halogens is 1. The molecule has 3 rings (SSSR count). The van der Waals surface area contributed by atoms with Crippen molar-refractivity contribution in [2.24, 2.45) is 0 Å². The number of hydrogen-bond acceptors (Lipinski definition) is 3. The maximum Gasteiger partial charge on any atom is 0.268 e. The number of fused-ring (bicyclic) bond motifs is 1. The first-order chi connectivity index (χ1) is 9.89. The highest BCUT2D eigenvalue weighted by molar-refractivity contribution is 9.10. The van der Waals surface area contributed by atoms with Crippen LogP contribution in [0.3, 0.4) is 0 Å². The van der Waals surface area contributed by atoms with Crippen LogP contribution in [-0.4, -0.2) is 17.4 Å². The van der Waals surface area contributed by atoms with Gasteiger partial charge in [-0.2, -0.15) is 0 Å². The molecule has 1 aromatic carbocycles. The van der Waals surface area contributed by atoms with Gasteiger partial charge in [0, 0.05) is 11.9 Å². The number of pyridine rings is 1. The summed E-state index contributed by atoms with van der Waals surface area (Å²) < 4.78 is 27.5. The summed E-state index contributed by atoms with van der Waals surface area (Å²) in [5, 5.41) is 0. The van der Waals surface area contributed by atoms with Gasteiger partial charge in [-0.15, -0.1) is 0 Å². The fraction of sp³-hybridized carbons (Fsp3) is 0.133. The lowest BCUT2D eigenvalue weighted by molar-refractivity contribution is 0.589. The van der Waals surface area contributed by atoms with Crippen molar-refractivity contribution in [3.05, 3.63) is 58.3 Å². The molecule has 2 heterocycles. The predicted octanol–water partition coefficient (Wildman–Crippen LogP) is 3.65. The highest BCUT2D eigenvalue weighted by atomic mass is 79.9. The summed E-state index contributed by atoms with van der Waals surface area (Å²) in [7, 11) is -3.63. The minimum Gasteiger partial charge on any atom is -0.250 e. The van der Waals surface area contributed by atoms with Gasteiger partial charge in [-0.25, -0.2) is 12.4 Å². The van der Waals surface area contributed by atoms with E-state index in [1.165, 1.54) is 3.97 Å². The summed E-state index contributed by atoms with van der Waals surface area (Å²) in [6, 6.07) is 10.4. The first-order valence-corrected chi connectivity index (χ1v) is 8.59. The second-order valence-corrected chi connectivity index (χ2v) is 7.58. The molecule has 0 aliphatic heterocycles. The average molecular weight is 365 g/mol. The second-order valence-electron chi connectivity index (χ2n) is 4.91. The fourth-order valence-corrected chi connectivity index (χ4v) is 4.15. The van der Waals surface area contributed by atoms with E-state index >= 15 is 0 Å². The molecule has 0 radical (unpaired) electrons. The van der Waals surface area contributed by atoms with Crippen LogP contribution in [0.25, 0.3) is 11.0 Å². The molecule has 0 spiro atoms. The second kappa shape index (κ2) is 4.96. The summed E-state index contributed by atoms with van der Waals surface area (Å²) >= 11 is 3.38. The van der Waals surface area contributed by atoms with Crippen molar-refractivity contribution in [1.29, 1.82) is 0 Å². The van der Waals surface area contributed by atoms with Gasteiger partial charge >= 0.3 is 0 Å². The highest BCUT2D eigenvalue weighted by Gasteiger charge is 2.21. The Balaban J connectivity index is 2.26. The molecule has 0 atom stereocenters. The van der Waals surface area contributed by atoms with Gasteiger partial charge in [0.1, 0.15) is 5.52 Å². The highest BCUT2D eigenvalue weighted by Crippen LogP contribution is 2.28. The van der Waals surface area contributed by atoms with Gasteiger partial charge in [-0.3, -0.25) is 4.98 Å². The van der Waals surface area contributed by atoms with Crippen molar-refractivity contribution in [2.45, 2.75) is 18.7 Å². The molecule has 6 heteroatoms. The summed E-state index contributed by atoms with van der Waals surface area (Å²) in [6.45, 7) is 3.79. The van der Waals surface area contributed by atoms with Crippen LogP contribution in [0.1, 0.15) is 11.3 Å². The van der Waals surface area contributed by atoms with Crippen LogP contribution in [0.15, 0.2) is 52.0 Å². The van der Waals surface area contributed by atoms with Gasteiger partial charge in [0.25, 0.3) is 10.0 Å². The van der Waals surface area contributed by atoms with E-state index in [0.29, 0.717) is 15.5 Å². The third-order valence-corrected chi connectivity index (χ3v) is 5.55. The monoisotopic (exact) mass is 364 g/mol. The predicted molar refractivity (Wildman–Crippen MR) is 85.9 cm³/mol. The van der Waals surface area contributed by atoms with Crippen LogP contribution in [0.5, 0.6) is 0 Å². The van der Waals surface area contributed by atoms with Crippen LogP contribution in [-0.2, 0) is 10.0 Å². The fourth-order valence-electron chi connectivity index (χ4n) is 2.16. The lowest BCUT2D eigenvalue weighted by atomic mass is 10.2. The van der Waals surface area contributed by atoms with E-state index in [1.54, 1.807) is 42.6 Å². The summed E-state index contributed by atoms with van der Waals surface area (Å²) in [5.74, 6) is 0. The molecule has 0 bridgehead atoms. The molecule has 21 heavy (non-hydrogen) atoms. The van der Waals surface area contributed by atoms with Crippen molar-refractivity contribution >= 4 is 37.0 Å². The molecule has 0 fully saturated rings. The molecule has 3 aromatic rings. The van der Waals surface area contributed by atoms with E-state index in [2.05, 4.69) is 20.9 Å². The number of aryl methyl sites for hydroxylation is 2. The Labute approximate surface area is 131 Å². The van der Waals surface area contributed by atoms with Crippen LogP contribution in [0.2, 0.25) is 0 Å². The summed E-state index contributed by atoms with van der Waals surface area (Å²) in [5.41, 5.74) is 3.07. The molecule has 2 aromatic heterocycles. The number of rotatable bonds is 2. The Morgan fingerprint density at radius 3 is 2.38 bits per heavy atom. The maximum absolute atomic E-state index is 12.8. The summed E-state index contributed by atoms with van der Waals surface area (Å²) in [6.07, 6.45) is 1.55. The first-order valence-electron chi connectivity index (χ1n) is 6.36. The van der Waals surface area contributed by atoms with E-state index in [-0.39, 0.29) is 4.90 Å². The van der Waals surface area contributed by atoms with Crippen LogP contribution >= 0.6 is 15.9 Å². The van der Waals surface area contributed by atoms with Gasteiger partial charge in [0.2, 0.25) is 0 Å². The van der Waals surface area contributed by atoms with Crippen molar-refractivity contribution < 1.29 is 8.42 Å². The van der Waals surface area contributed by atoms with Gasteiger partial charge in [0.15, 0.2) is 0 Å². The zero-order chi connectivity index (χ0) is 15.2. The van der Waals surface area contributed by atoms with E-state index in [4.69, 9.17) is 0 Å². The number of nitrogens with zero attached hydrogens (tertiary/aromatic N) is 2. The van der Waals surface area contributed by atoms with E-state index < -0.39 is 10.0 Å². The SMILES string of the molecule is Cc1ccc(S(=O)(=O)n2cc(Br)c3nc(C)ccc32)cc1. The van der Waals surface area contributed by atoms with E-state index in [9.17, 15) is 8.42 Å². The topological polar surface area (TPSA) is 52.0 Å². The lowest BCUT2D eigenvalue weighted by Crippen LogP contribution is -2.11. The normalized spacial score (nSPS) is 12.0. The van der Waals surface area contributed by atoms with Crippen LogP contribution in [0.4, 0.5) is 0 Å². The van der Waals surface area contributed by atoms with E-state index in [0.717, 1.165) is 11.3 Å². The first kappa shape index (κ1) is 14.3. The Bertz CT molecular complexity index is 928.